The van der Waals surface area contributed by atoms with Crippen molar-refractivity contribution < 1.29 is 31.1 Å². The minimum atomic E-state index is -4.96. The van der Waals surface area contributed by atoms with Gasteiger partial charge in [0.05, 0.1) is 23.2 Å². The number of amides is 2. The van der Waals surface area contributed by atoms with E-state index in [9.17, 15) is 31.1 Å². The molecule has 0 bridgehead atoms. The standard InChI is InChI=1S/C31H31F6N3O/c1-20(23-13-25(30(32,33)34)15-26(14-23)31(35,36)37)38(2)29(41)40-18-24-17-39(16-21-9-5-3-6-10-21)19-27(24)28(40)22-11-7-4-8-12-22/h3-15,20,24,27-28H,16-19H2,1-2H3. The molecule has 10 heteroatoms. The summed E-state index contributed by atoms with van der Waals surface area (Å²) in [5.74, 6) is 0.320. The zero-order valence-corrected chi connectivity index (χ0v) is 22.7. The Morgan fingerprint density at radius 3 is 1.98 bits per heavy atom. The number of hydrogen-bond acceptors (Lipinski definition) is 2. The number of nitrogens with zero attached hydrogens (tertiary/aromatic N) is 3. The zero-order chi connectivity index (χ0) is 29.5. The summed E-state index contributed by atoms with van der Waals surface area (Å²) in [5, 5.41) is 0. The van der Waals surface area contributed by atoms with Crippen molar-refractivity contribution in [3.8, 4) is 0 Å². The fourth-order valence-electron chi connectivity index (χ4n) is 6.19. The van der Waals surface area contributed by atoms with Crippen molar-refractivity contribution in [2.45, 2.75) is 37.9 Å². The number of urea groups is 1. The first-order chi connectivity index (χ1) is 19.3. The molecule has 2 saturated heterocycles. The van der Waals surface area contributed by atoms with Gasteiger partial charge in [-0.25, -0.2) is 4.79 Å². The van der Waals surface area contributed by atoms with Gasteiger partial charge in [-0.15, -0.1) is 0 Å². The monoisotopic (exact) mass is 575 g/mol. The molecule has 41 heavy (non-hydrogen) atoms. The third kappa shape index (κ3) is 6.07. The van der Waals surface area contributed by atoms with E-state index in [2.05, 4.69) is 17.0 Å². The Morgan fingerprint density at radius 1 is 0.854 bits per heavy atom. The van der Waals surface area contributed by atoms with Crippen molar-refractivity contribution >= 4 is 6.03 Å². The average molecular weight is 576 g/mol. The maximum Gasteiger partial charge on any atom is 0.416 e. The highest BCUT2D eigenvalue weighted by atomic mass is 19.4. The molecule has 0 spiro atoms. The molecule has 3 aromatic rings. The Morgan fingerprint density at radius 2 is 1.41 bits per heavy atom. The van der Waals surface area contributed by atoms with Gasteiger partial charge in [0.2, 0.25) is 0 Å². The maximum absolute atomic E-state index is 13.9. The lowest BCUT2D eigenvalue weighted by Gasteiger charge is -2.35. The fourth-order valence-corrected chi connectivity index (χ4v) is 6.19. The summed E-state index contributed by atoms with van der Waals surface area (Å²) in [5.41, 5.74) is -0.871. The lowest BCUT2D eigenvalue weighted by Crippen LogP contribution is -2.44. The van der Waals surface area contributed by atoms with Crippen LogP contribution in [0, 0.1) is 11.8 Å². The van der Waals surface area contributed by atoms with Crippen LogP contribution in [0.3, 0.4) is 0 Å². The van der Waals surface area contributed by atoms with Crippen molar-refractivity contribution in [1.82, 2.24) is 14.7 Å². The quantitative estimate of drug-likeness (QED) is 0.293. The number of carbonyl (C=O) groups excluding carboxylic acids is 1. The van der Waals surface area contributed by atoms with Crippen molar-refractivity contribution in [3.05, 3.63) is 107 Å². The summed E-state index contributed by atoms with van der Waals surface area (Å²) < 4.78 is 80.9. The molecule has 2 amide bonds. The van der Waals surface area contributed by atoms with Crippen molar-refractivity contribution in [2.24, 2.45) is 11.8 Å². The largest absolute Gasteiger partial charge is 0.416 e. The first kappa shape index (κ1) is 29.0. The predicted octanol–water partition coefficient (Wildman–Crippen LogP) is 7.64. The second-order valence-corrected chi connectivity index (χ2v) is 11.0. The highest BCUT2D eigenvalue weighted by Gasteiger charge is 2.50. The lowest BCUT2D eigenvalue weighted by molar-refractivity contribution is -0.143. The van der Waals surface area contributed by atoms with Gasteiger partial charge < -0.3 is 9.80 Å². The Labute approximate surface area is 235 Å². The van der Waals surface area contributed by atoms with E-state index < -0.39 is 35.6 Å². The van der Waals surface area contributed by atoms with Gasteiger partial charge in [-0.3, -0.25) is 4.90 Å². The van der Waals surface area contributed by atoms with E-state index in [1.165, 1.54) is 24.4 Å². The minimum absolute atomic E-state index is 0.104. The number of fused-ring (bicyclic) bond motifs is 1. The summed E-state index contributed by atoms with van der Waals surface area (Å²) in [6.45, 7) is 4.24. The van der Waals surface area contributed by atoms with Crippen LogP contribution in [0.4, 0.5) is 31.1 Å². The van der Waals surface area contributed by atoms with Crippen molar-refractivity contribution in [2.75, 3.05) is 26.7 Å². The van der Waals surface area contributed by atoms with E-state index in [4.69, 9.17) is 0 Å². The molecule has 2 aliphatic rings. The van der Waals surface area contributed by atoms with Crippen LogP contribution in [0.5, 0.6) is 0 Å². The van der Waals surface area contributed by atoms with Gasteiger partial charge in [0, 0.05) is 39.1 Å². The SMILES string of the molecule is CC(c1cc(C(F)(F)F)cc(C(F)(F)F)c1)N(C)C(=O)N1CC2CN(Cc3ccccc3)CC2C1c1ccccc1. The smallest absolute Gasteiger partial charge is 0.321 e. The van der Waals surface area contributed by atoms with Crippen molar-refractivity contribution in [3.63, 3.8) is 0 Å². The van der Waals surface area contributed by atoms with Gasteiger partial charge in [0.1, 0.15) is 0 Å². The molecule has 218 valence electrons. The van der Waals surface area contributed by atoms with Crippen molar-refractivity contribution in [1.29, 1.82) is 0 Å². The van der Waals surface area contributed by atoms with E-state index in [0.29, 0.717) is 18.7 Å². The molecule has 0 saturated carbocycles. The number of halogens is 6. The van der Waals surface area contributed by atoms with Crippen LogP contribution in [0.15, 0.2) is 78.9 Å². The third-order valence-corrected chi connectivity index (χ3v) is 8.35. The van der Waals surface area contributed by atoms with Crippen LogP contribution in [-0.4, -0.2) is 47.4 Å². The fraction of sp³-hybridized carbons (Fsp3) is 0.387. The van der Waals surface area contributed by atoms with Crippen LogP contribution < -0.4 is 0 Å². The molecule has 2 heterocycles. The molecular weight excluding hydrogens is 544 g/mol. The second kappa shape index (κ2) is 11.0. The highest BCUT2D eigenvalue weighted by Crippen LogP contribution is 2.46. The normalized spacial score (nSPS) is 22.0. The Hall–Kier alpha value is -3.53. The average Bonchev–Trinajstić information content (AvgIpc) is 3.49. The molecule has 4 atom stereocenters. The molecule has 5 rings (SSSR count). The van der Waals surface area contributed by atoms with E-state index in [0.717, 1.165) is 25.2 Å². The van der Waals surface area contributed by atoms with Gasteiger partial charge >= 0.3 is 18.4 Å². The lowest BCUT2D eigenvalue weighted by atomic mass is 9.89. The zero-order valence-electron chi connectivity index (χ0n) is 22.7. The summed E-state index contributed by atoms with van der Waals surface area (Å²) in [6, 6.07) is 19.5. The first-order valence-corrected chi connectivity index (χ1v) is 13.5. The number of hydrogen-bond donors (Lipinski definition) is 0. The number of carbonyl (C=O) groups is 1. The molecular formula is C31H31F6N3O. The third-order valence-electron chi connectivity index (χ3n) is 8.35. The van der Waals surface area contributed by atoms with Gasteiger partial charge in [-0.2, -0.15) is 26.3 Å². The topological polar surface area (TPSA) is 26.8 Å². The number of likely N-dealkylation sites (tertiary alicyclic amines) is 2. The van der Waals surface area contributed by atoms with Crippen LogP contribution in [0.25, 0.3) is 0 Å². The number of alkyl halides is 6. The van der Waals surface area contributed by atoms with Crippen LogP contribution in [0.2, 0.25) is 0 Å². The molecule has 2 aliphatic heterocycles. The van der Waals surface area contributed by atoms with Crippen LogP contribution in [0.1, 0.15) is 46.8 Å². The van der Waals surface area contributed by atoms with Gasteiger partial charge in [-0.05, 0) is 47.7 Å². The van der Waals surface area contributed by atoms with Gasteiger partial charge in [0.15, 0.2) is 0 Å². The predicted molar refractivity (Wildman–Crippen MR) is 143 cm³/mol. The molecule has 0 aromatic heterocycles. The summed E-state index contributed by atoms with van der Waals surface area (Å²) in [7, 11) is 1.43. The summed E-state index contributed by atoms with van der Waals surface area (Å²) in [6.07, 6.45) is -9.93. The highest BCUT2D eigenvalue weighted by molar-refractivity contribution is 5.76. The van der Waals surface area contributed by atoms with Crippen LogP contribution in [-0.2, 0) is 18.9 Å². The minimum Gasteiger partial charge on any atom is -0.321 e. The van der Waals surface area contributed by atoms with E-state index in [1.807, 2.05) is 48.5 Å². The van der Waals surface area contributed by atoms with E-state index in [-0.39, 0.29) is 29.5 Å². The van der Waals surface area contributed by atoms with E-state index >= 15 is 0 Å². The van der Waals surface area contributed by atoms with Gasteiger partial charge in [0.25, 0.3) is 0 Å². The maximum atomic E-state index is 13.9. The second-order valence-electron chi connectivity index (χ2n) is 11.0. The molecule has 3 aromatic carbocycles. The molecule has 4 unspecified atom stereocenters. The number of rotatable bonds is 5. The summed E-state index contributed by atoms with van der Waals surface area (Å²) in [4.78, 5) is 19.3. The van der Waals surface area contributed by atoms with E-state index in [1.54, 1.807) is 4.90 Å². The Balaban J connectivity index is 1.40. The summed E-state index contributed by atoms with van der Waals surface area (Å²) >= 11 is 0. The first-order valence-electron chi connectivity index (χ1n) is 13.5. The number of benzene rings is 3. The van der Waals surface area contributed by atoms with Crippen LogP contribution >= 0.6 is 0 Å². The molecule has 0 aliphatic carbocycles. The Bertz CT molecular complexity index is 1330. The van der Waals surface area contributed by atoms with Gasteiger partial charge in [-0.1, -0.05) is 60.7 Å². The molecule has 0 N–H and O–H groups in total. The molecule has 2 fully saturated rings. The Kier molecular flexibility index (Phi) is 7.80. The molecule has 4 nitrogen and oxygen atoms in total. The molecule has 0 radical (unpaired) electrons.